The molecule has 4 nitrogen and oxygen atoms in total. The number of halogens is 2. The van der Waals surface area contributed by atoms with Crippen LogP contribution >= 0.6 is 23.2 Å². The van der Waals surface area contributed by atoms with Crippen LogP contribution in [0.4, 0.5) is 0 Å². The van der Waals surface area contributed by atoms with Crippen LogP contribution in [0.15, 0.2) is 30.5 Å². The highest BCUT2D eigenvalue weighted by molar-refractivity contribution is 6.42. The highest BCUT2D eigenvalue weighted by Gasteiger charge is 2.15. The van der Waals surface area contributed by atoms with Crippen LogP contribution in [0.25, 0.3) is 0 Å². The van der Waals surface area contributed by atoms with Crippen molar-refractivity contribution in [3.05, 3.63) is 57.6 Å². The van der Waals surface area contributed by atoms with E-state index in [-0.39, 0.29) is 6.04 Å². The van der Waals surface area contributed by atoms with Crippen molar-refractivity contribution in [2.45, 2.75) is 13.0 Å². The highest BCUT2D eigenvalue weighted by Crippen LogP contribution is 2.27. The minimum absolute atomic E-state index is 0.249. The van der Waals surface area contributed by atoms with Gasteiger partial charge in [-0.15, -0.1) is 0 Å². The number of nitrogens with two attached hydrogens (primary N) is 1. The Morgan fingerprint density at radius 3 is 2.61 bits per heavy atom. The monoisotopic (exact) mass is 282 g/mol. The van der Waals surface area contributed by atoms with E-state index >= 15 is 0 Å². The number of hydrogen-bond acceptors (Lipinski definition) is 4. The zero-order valence-electron chi connectivity index (χ0n) is 9.69. The molecule has 0 saturated heterocycles. The quantitative estimate of drug-likeness (QED) is 0.671. The van der Waals surface area contributed by atoms with Crippen LogP contribution in [0.1, 0.15) is 23.1 Å². The van der Waals surface area contributed by atoms with Gasteiger partial charge in [-0.25, -0.2) is 15.4 Å². The topological polar surface area (TPSA) is 63.8 Å². The second kappa shape index (κ2) is 5.63. The summed E-state index contributed by atoms with van der Waals surface area (Å²) < 4.78 is 0. The fourth-order valence-corrected chi connectivity index (χ4v) is 1.99. The molecular formula is C12H12Cl2N4. The van der Waals surface area contributed by atoms with Crippen molar-refractivity contribution in [2.24, 2.45) is 5.84 Å². The Hall–Kier alpha value is -1.20. The fraction of sp³-hybridized carbons (Fsp3) is 0.167. The molecule has 94 valence electrons. The molecule has 0 aliphatic rings. The Kier molecular flexibility index (Phi) is 4.14. The van der Waals surface area contributed by atoms with Gasteiger partial charge in [0, 0.05) is 6.20 Å². The Morgan fingerprint density at radius 1 is 1.22 bits per heavy atom. The van der Waals surface area contributed by atoms with Crippen LogP contribution in [0.3, 0.4) is 0 Å². The van der Waals surface area contributed by atoms with Gasteiger partial charge in [-0.1, -0.05) is 29.3 Å². The number of nitrogens with one attached hydrogen (secondary N) is 1. The average Bonchev–Trinajstić information content (AvgIpc) is 2.35. The van der Waals surface area contributed by atoms with Gasteiger partial charge in [0.2, 0.25) is 0 Å². The first-order chi connectivity index (χ1) is 8.61. The summed E-state index contributed by atoms with van der Waals surface area (Å²) in [7, 11) is 0. The van der Waals surface area contributed by atoms with E-state index in [1.54, 1.807) is 24.4 Å². The van der Waals surface area contributed by atoms with E-state index in [2.05, 4.69) is 15.4 Å². The lowest BCUT2D eigenvalue weighted by molar-refractivity contribution is 0.616. The van der Waals surface area contributed by atoms with Crippen molar-refractivity contribution in [2.75, 3.05) is 0 Å². The van der Waals surface area contributed by atoms with Crippen LogP contribution in [0, 0.1) is 6.92 Å². The summed E-state index contributed by atoms with van der Waals surface area (Å²) in [5, 5.41) is 0.996. The van der Waals surface area contributed by atoms with E-state index in [9.17, 15) is 0 Å². The summed E-state index contributed by atoms with van der Waals surface area (Å²) in [4.78, 5) is 8.40. The smallest absolute Gasteiger partial charge is 0.125 e. The minimum atomic E-state index is -0.249. The van der Waals surface area contributed by atoms with Gasteiger partial charge in [0.25, 0.3) is 0 Å². The number of hydrogen-bond donors (Lipinski definition) is 2. The SMILES string of the molecule is Cc1nccc(C(NN)c2ccc(Cl)c(Cl)c2)n1. The van der Waals surface area contributed by atoms with Crippen molar-refractivity contribution < 1.29 is 0 Å². The molecule has 0 amide bonds. The Bertz CT molecular complexity index is 560. The molecule has 1 unspecified atom stereocenters. The van der Waals surface area contributed by atoms with Gasteiger partial charge in [-0.2, -0.15) is 0 Å². The molecule has 0 aliphatic carbocycles. The van der Waals surface area contributed by atoms with Gasteiger partial charge >= 0.3 is 0 Å². The lowest BCUT2D eigenvalue weighted by atomic mass is 10.0. The normalized spacial score (nSPS) is 12.4. The summed E-state index contributed by atoms with van der Waals surface area (Å²) in [5.41, 5.74) is 4.39. The van der Waals surface area contributed by atoms with Gasteiger partial charge in [-0.3, -0.25) is 5.84 Å². The van der Waals surface area contributed by atoms with Gasteiger partial charge < -0.3 is 0 Å². The van der Waals surface area contributed by atoms with E-state index in [0.29, 0.717) is 15.9 Å². The Labute approximate surface area is 115 Å². The zero-order chi connectivity index (χ0) is 13.1. The maximum atomic E-state index is 6.00. The Morgan fingerprint density at radius 2 is 2.00 bits per heavy atom. The molecule has 0 aliphatic heterocycles. The molecule has 0 spiro atoms. The van der Waals surface area contributed by atoms with Gasteiger partial charge in [-0.05, 0) is 30.7 Å². The first kappa shape index (κ1) is 13.2. The molecule has 0 fully saturated rings. The standard InChI is InChI=1S/C12H12Cl2N4/c1-7-16-5-4-11(17-7)12(18-15)8-2-3-9(13)10(14)6-8/h2-6,12,18H,15H2,1H3. The van der Waals surface area contributed by atoms with Crippen LogP contribution in [0.5, 0.6) is 0 Å². The molecule has 0 bridgehead atoms. The molecule has 6 heteroatoms. The highest BCUT2D eigenvalue weighted by atomic mass is 35.5. The van der Waals surface area contributed by atoms with Crippen LogP contribution in [-0.4, -0.2) is 9.97 Å². The van der Waals surface area contributed by atoms with E-state index < -0.39 is 0 Å². The van der Waals surface area contributed by atoms with Crippen molar-refractivity contribution >= 4 is 23.2 Å². The van der Waals surface area contributed by atoms with E-state index in [0.717, 1.165) is 11.3 Å². The third-order valence-corrected chi connectivity index (χ3v) is 3.28. The molecule has 0 radical (unpaired) electrons. The van der Waals surface area contributed by atoms with Gasteiger partial charge in [0.1, 0.15) is 5.82 Å². The number of benzene rings is 1. The molecule has 1 atom stereocenters. The van der Waals surface area contributed by atoms with Gasteiger partial charge in [0.15, 0.2) is 0 Å². The molecule has 0 saturated carbocycles. The van der Waals surface area contributed by atoms with Crippen molar-refractivity contribution in [3.8, 4) is 0 Å². The molecule has 2 rings (SSSR count). The predicted octanol–water partition coefficient (Wildman–Crippen LogP) is 2.64. The number of aromatic nitrogens is 2. The summed E-state index contributed by atoms with van der Waals surface area (Å²) in [6.07, 6.45) is 1.69. The molecular weight excluding hydrogens is 271 g/mol. The first-order valence-corrected chi connectivity index (χ1v) is 6.08. The summed E-state index contributed by atoms with van der Waals surface area (Å²) in [6, 6.07) is 6.92. The summed E-state index contributed by atoms with van der Waals surface area (Å²) in [6.45, 7) is 1.83. The second-order valence-electron chi connectivity index (χ2n) is 3.80. The third kappa shape index (κ3) is 2.79. The Balaban J connectivity index is 2.42. The molecule has 1 heterocycles. The fourth-order valence-electron chi connectivity index (χ4n) is 1.68. The molecule has 18 heavy (non-hydrogen) atoms. The molecule has 1 aromatic carbocycles. The van der Waals surface area contributed by atoms with Crippen LogP contribution in [0.2, 0.25) is 10.0 Å². The van der Waals surface area contributed by atoms with Crippen molar-refractivity contribution in [1.29, 1.82) is 0 Å². The van der Waals surface area contributed by atoms with Crippen LogP contribution < -0.4 is 11.3 Å². The van der Waals surface area contributed by atoms with E-state index in [4.69, 9.17) is 29.0 Å². The molecule has 1 aromatic heterocycles. The van der Waals surface area contributed by atoms with Gasteiger partial charge in [0.05, 0.1) is 21.8 Å². The number of rotatable bonds is 3. The number of hydrazine groups is 1. The van der Waals surface area contributed by atoms with Crippen LogP contribution in [-0.2, 0) is 0 Å². The summed E-state index contributed by atoms with van der Waals surface area (Å²) >= 11 is 11.9. The number of nitrogens with zero attached hydrogens (tertiary/aromatic N) is 2. The summed E-state index contributed by atoms with van der Waals surface area (Å²) in [5.74, 6) is 6.28. The van der Waals surface area contributed by atoms with Crippen molar-refractivity contribution in [1.82, 2.24) is 15.4 Å². The van der Waals surface area contributed by atoms with E-state index in [1.165, 1.54) is 0 Å². The molecule has 3 N–H and O–H groups in total. The first-order valence-electron chi connectivity index (χ1n) is 5.32. The zero-order valence-corrected chi connectivity index (χ0v) is 11.2. The second-order valence-corrected chi connectivity index (χ2v) is 4.62. The van der Waals surface area contributed by atoms with Crippen molar-refractivity contribution in [3.63, 3.8) is 0 Å². The maximum Gasteiger partial charge on any atom is 0.125 e. The largest absolute Gasteiger partial charge is 0.271 e. The lowest BCUT2D eigenvalue weighted by Gasteiger charge is -2.16. The predicted molar refractivity (Wildman–Crippen MR) is 72.4 cm³/mol. The third-order valence-electron chi connectivity index (χ3n) is 2.54. The molecule has 2 aromatic rings. The van der Waals surface area contributed by atoms with E-state index in [1.807, 2.05) is 13.0 Å². The minimum Gasteiger partial charge on any atom is -0.271 e. The maximum absolute atomic E-state index is 6.00. The number of aryl methyl sites for hydroxylation is 1. The lowest BCUT2D eigenvalue weighted by Crippen LogP contribution is -2.29. The average molecular weight is 283 g/mol.